The van der Waals surface area contributed by atoms with Crippen LogP contribution in [0.2, 0.25) is 0 Å². The van der Waals surface area contributed by atoms with Gasteiger partial charge in [-0.1, -0.05) is 60.3 Å². The fourth-order valence-electron chi connectivity index (χ4n) is 4.56. The van der Waals surface area contributed by atoms with Crippen LogP contribution in [0.15, 0.2) is 66.0 Å². The first-order valence-electron chi connectivity index (χ1n) is 11.3. The Morgan fingerprint density at radius 1 is 1.00 bits per heavy atom. The van der Waals surface area contributed by atoms with Crippen LogP contribution in [0.4, 0.5) is 0 Å². The summed E-state index contributed by atoms with van der Waals surface area (Å²) in [5.41, 5.74) is 3.18. The average Bonchev–Trinajstić information content (AvgIpc) is 3.22. The summed E-state index contributed by atoms with van der Waals surface area (Å²) < 4.78 is 2.26. The fourth-order valence-corrected chi connectivity index (χ4v) is 5.75. The van der Waals surface area contributed by atoms with Gasteiger partial charge in [0.05, 0.1) is 0 Å². The van der Waals surface area contributed by atoms with Gasteiger partial charge < -0.3 is 9.88 Å². The molecule has 1 N–H and O–H groups in total. The number of H-pyrrole nitrogens is 1. The molecule has 2 fully saturated rings. The van der Waals surface area contributed by atoms with E-state index in [-0.39, 0.29) is 11.2 Å². The lowest BCUT2D eigenvalue weighted by Gasteiger charge is -2.23. The quantitative estimate of drug-likeness (QED) is 0.415. The molecule has 162 valence electrons. The van der Waals surface area contributed by atoms with Gasteiger partial charge in [0.1, 0.15) is 5.25 Å². The SMILES string of the molecule is O=C([C@H](Sc1nnc(-c2c[nH]c3ccccc23)n1C1CC1)c1ccccc1)N1CCCC1. The highest BCUT2D eigenvalue weighted by Crippen LogP contribution is 2.45. The predicted octanol–water partition coefficient (Wildman–Crippen LogP) is 5.22. The first-order valence-corrected chi connectivity index (χ1v) is 12.2. The Morgan fingerprint density at radius 2 is 1.75 bits per heavy atom. The summed E-state index contributed by atoms with van der Waals surface area (Å²) in [6.45, 7) is 1.69. The summed E-state index contributed by atoms with van der Waals surface area (Å²) in [6, 6.07) is 18.8. The highest BCUT2D eigenvalue weighted by molar-refractivity contribution is 8.00. The van der Waals surface area contributed by atoms with Crippen LogP contribution in [0.3, 0.4) is 0 Å². The second-order valence-corrected chi connectivity index (χ2v) is 9.67. The molecule has 2 aromatic heterocycles. The zero-order valence-corrected chi connectivity index (χ0v) is 18.6. The van der Waals surface area contributed by atoms with Crippen LogP contribution in [-0.4, -0.2) is 43.6 Å². The molecular formula is C25H25N5OS. The van der Waals surface area contributed by atoms with Gasteiger partial charge in [-0.25, -0.2) is 0 Å². The second kappa shape index (κ2) is 8.13. The van der Waals surface area contributed by atoms with Gasteiger partial charge >= 0.3 is 0 Å². The van der Waals surface area contributed by atoms with E-state index in [1.54, 1.807) is 11.8 Å². The van der Waals surface area contributed by atoms with Crippen molar-refractivity contribution in [3.05, 3.63) is 66.4 Å². The third kappa shape index (κ3) is 3.50. The van der Waals surface area contributed by atoms with Crippen molar-refractivity contribution in [3.8, 4) is 11.4 Å². The standard InChI is InChI=1S/C25H25N5OS/c31-24(29-14-6-7-15-29)22(17-8-2-1-3-9-17)32-25-28-27-23(30(25)18-12-13-18)20-16-26-21-11-5-4-10-19(20)21/h1-5,8-11,16,18,22,26H,6-7,12-15H2/t22-/m1/s1. The number of benzene rings is 2. The zero-order chi connectivity index (χ0) is 21.5. The zero-order valence-electron chi connectivity index (χ0n) is 17.8. The number of likely N-dealkylation sites (tertiary alicyclic amines) is 1. The van der Waals surface area contributed by atoms with Gasteiger partial charge in [-0.3, -0.25) is 9.36 Å². The lowest BCUT2D eigenvalue weighted by molar-refractivity contribution is -0.129. The summed E-state index contributed by atoms with van der Waals surface area (Å²) in [5.74, 6) is 1.06. The fraction of sp³-hybridized carbons (Fsp3) is 0.320. The summed E-state index contributed by atoms with van der Waals surface area (Å²) in [4.78, 5) is 18.9. The highest BCUT2D eigenvalue weighted by atomic mass is 32.2. The molecule has 2 aliphatic rings. The lowest BCUT2D eigenvalue weighted by Crippen LogP contribution is -2.31. The number of fused-ring (bicyclic) bond motifs is 1. The summed E-state index contributed by atoms with van der Waals surface area (Å²) >= 11 is 1.54. The topological polar surface area (TPSA) is 66.8 Å². The van der Waals surface area contributed by atoms with Crippen LogP contribution >= 0.6 is 11.8 Å². The van der Waals surface area contributed by atoms with Crippen LogP contribution in [0.1, 0.15) is 42.5 Å². The molecule has 0 unspecified atom stereocenters. The van der Waals surface area contributed by atoms with Crippen LogP contribution < -0.4 is 0 Å². The highest BCUT2D eigenvalue weighted by Gasteiger charge is 2.35. The Bertz CT molecular complexity index is 1250. The minimum Gasteiger partial charge on any atom is -0.360 e. The summed E-state index contributed by atoms with van der Waals surface area (Å²) in [6.07, 6.45) is 6.43. The van der Waals surface area contributed by atoms with E-state index >= 15 is 0 Å². The largest absolute Gasteiger partial charge is 0.360 e. The molecule has 2 aromatic carbocycles. The normalized spacial score (nSPS) is 17.2. The number of hydrogen-bond donors (Lipinski definition) is 1. The van der Waals surface area contributed by atoms with E-state index in [2.05, 4.69) is 31.9 Å². The number of nitrogens with zero attached hydrogens (tertiary/aromatic N) is 4. The minimum atomic E-state index is -0.313. The third-order valence-corrected chi connectivity index (χ3v) is 7.57. The van der Waals surface area contributed by atoms with Crippen molar-refractivity contribution >= 4 is 28.6 Å². The molecule has 0 spiro atoms. The van der Waals surface area contributed by atoms with Crippen molar-refractivity contribution in [2.75, 3.05) is 13.1 Å². The summed E-state index contributed by atoms with van der Waals surface area (Å²) in [7, 11) is 0. The van der Waals surface area contributed by atoms with Crippen LogP contribution in [0.25, 0.3) is 22.3 Å². The number of aromatic amines is 1. The number of aromatic nitrogens is 4. The smallest absolute Gasteiger partial charge is 0.240 e. The van der Waals surface area contributed by atoms with E-state index in [4.69, 9.17) is 0 Å². The molecule has 1 saturated carbocycles. The van der Waals surface area contributed by atoms with Crippen molar-refractivity contribution in [3.63, 3.8) is 0 Å². The number of carbonyl (C=O) groups is 1. The van der Waals surface area contributed by atoms with Gasteiger partial charge in [0, 0.05) is 41.8 Å². The monoisotopic (exact) mass is 443 g/mol. The number of amides is 1. The van der Waals surface area contributed by atoms with Gasteiger partial charge in [0.15, 0.2) is 11.0 Å². The third-order valence-electron chi connectivity index (χ3n) is 6.37. The molecule has 6 rings (SSSR count). The maximum absolute atomic E-state index is 13.5. The van der Waals surface area contributed by atoms with Crippen LogP contribution in [0.5, 0.6) is 0 Å². The Hall–Kier alpha value is -3.06. The molecule has 0 radical (unpaired) electrons. The minimum absolute atomic E-state index is 0.178. The van der Waals surface area contributed by atoms with Crippen molar-refractivity contribution in [2.24, 2.45) is 0 Å². The molecule has 4 aromatic rings. The molecule has 1 aliphatic heterocycles. The van der Waals surface area contributed by atoms with Gasteiger partial charge in [0.2, 0.25) is 5.91 Å². The maximum atomic E-state index is 13.5. The Kier molecular flexibility index (Phi) is 4.98. The second-order valence-electron chi connectivity index (χ2n) is 8.60. The number of carbonyl (C=O) groups excluding carboxylic acids is 1. The lowest BCUT2D eigenvalue weighted by atomic mass is 10.1. The van der Waals surface area contributed by atoms with E-state index in [0.29, 0.717) is 6.04 Å². The first kappa shape index (κ1) is 19.6. The first-order chi connectivity index (χ1) is 15.8. The van der Waals surface area contributed by atoms with E-state index in [1.165, 1.54) is 0 Å². The van der Waals surface area contributed by atoms with Gasteiger partial charge in [0.25, 0.3) is 0 Å². The van der Waals surface area contributed by atoms with E-state index in [1.807, 2.05) is 53.6 Å². The molecule has 3 heterocycles. The number of para-hydroxylation sites is 1. The molecule has 0 bridgehead atoms. The van der Waals surface area contributed by atoms with Crippen molar-refractivity contribution in [2.45, 2.75) is 42.1 Å². The predicted molar refractivity (Wildman–Crippen MR) is 126 cm³/mol. The number of nitrogens with one attached hydrogen (secondary N) is 1. The number of rotatable bonds is 6. The molecule has 7 heteroatoms. The Balaban J connectivity index is 1.40. The number of hydrogen-bond acceptors (Lipinski definition) is 4. The maximum Gasteiger partial charge on any atom is 0.240 e. The summed E-state index contributed by atoms with van der Waals surface area (Å²) in [5, 5.41) is 10.9. The van der Waals surface area contributed by atoms with E-state index in [9.17, 15) is 4.79 Å². The van der Waals surface area contributed by atoms with E-state index < -0.39 is 0 Å². The molecular weight excluding hydrogens is 418 g/mol. The van der Waals surface area contributed by atoms with Gasteiger partial charge in [-0.15, -0.1) is 10.2 Å². The van der Waals surface area contributed by atoms with Crippen molar-refractivity contribution in [1.29, 1.82) is 0 Å². The van der Waals surface area contributed by atoms with Gasteiger partial charge in [-0.2, -0.15) is 0 Å². The molecule has 6 nitrogen and oxygen atoms in total. The molecule has 32 heavy (non-hydrogen) atoms. The van der Waals surface area contributed by atoms with Crippen molar-refractivity contribution < 1.29 is 4.79 Å². The number of thioether (sulfide) groups is 1. The molecule has 1 amide bonds. The van der Waals surface area contributed by atoms with Crippen LogP contribution in [-0.2, 0) is 4.79 Å². The Morgan fingerprint density at radius 3 is 2.53 bits per heavy atom. The molecule has 1 atom stereocenters. The van der Waals surface area contributed by atoms with Crippen LogP contribution in [0, 0.1) is 0 Å². The van der Waals surface area contributed by atoms with Crippen molar-refractivity contribution in [1.82, 2.24) is 24.6 Å². The van der Waals surface area contributed by atoms with Gasteiger partial charge in [-0.05, 0) is 37.3 Å². The Labute approximate surface area is 191 Å². The molecule has 1 saturated heterocycles. The average molecular weight is 444 g/mol. The van der Waals surface area contributed by atoms with E-state index in [0.717, 1.165) is 71.8 Å². The molecule has 1 aliphatic carbocycles.